The average molecular weight is 276 g/mol. The van der Waals surface area contributed by atoms with Crippen LogP contribution in [0.25, 0.3) is 0 Å². The number of nitrogens with two attached hydrogens (primary N) is 1. The highest BCUT2D eigenvalue weighted by Gasteiger charge is 2.10. The standard InChI is InChI=1S/C12H16N6S/c1-3-9-8(7-18(2)17-9)6-16-12-10(11(13)19)14-4-5-15-12/h4-5,7H,3,6H2,1-2H3,(H2,13,19)(H,15,16). The number of nitrogens with one attached hydrogen (secondary N) is 1. The Bertz CT molecular complexity index is 592. The molecule has 0 fully saturated rings. The Morgan fingerprint density at radius 1 is 1.42 bits per heavy atom. The van der Waals surface area contributed by atoms with Crippen molar-refractivity contribution in [1.29, 1.82) is 0 Å². The lowest BCUT2D eigenvalue weighted by Crippen LogP contribution is -2.16. The van der Waals surface area contributed by atoms with E-state index in [9.17, 15) is 0 Å². The zero-order chi connectivity index (χ0) is 13.8. The molecule has 0 aromatic carbocycles. The Morgan fingerprint density at radius 2 is 2.16 bits per heavy atom. The second-order valence-corrected chi connectivity index (χ2v) is 4.54. The second kappa shape index (κ2) is 5.75. The lowest BCUT2D eigenvalue weighted by Gasteiger charge is -2.08. The number of thiocarbonyl (C=S) groups is 1. The molecule has 0 atom stereocenters. The summed E-state index contributed by atoms with van der Waals surface area (Å²) in [5, 5.41) is 7.59. The van der Waals surface area contributed by atoms with Crippen LogP contribution in [0.15, 0.2) is 18.6 Å². The normalized spacial score (nSPS) is 10.4. The van der Waals surface area contributed by atoms with Crippen molar-refractivity contribution in [2.75, 3.05) is 5.32 Å². The molecule has 0 aliphatic rings. The molecule has 100 valence electrons. The maximum atomic E-state index is 5.62. The molecule has 0 radical (unpaired) electrons. The van der Waals surface area contributed by atoms with Crippen LogP contribution < -0.4 is 11.1 Å². The SMILES string of the molecule is CCc1nn(C)cc1CNc1nccnc1C(N)=S. The summed E-state index contributed by atoms with van der Waals surface area (Å²) in [4.78, 5) is 8.57. The van der Waals surface area contributed by atoms with Gasteiger partial charge in [-0.25, -0.2) is 9.97 Å². The van der Waals surface area contributed by atoms with Gasteiger partial charge in [-0.05, 0) is 6.42 Å². The minimum absolute atomic E-state index is 0.234. The number of hydrogen-bond acceptors (Lipinski definition) is 5. The fourth-order valence-corrected chi connectivity index (χ4v) is 2.01. The molecule has 0 aliphatic heterocycles. The van der Waals surface area contributed by atoms with Crippen LogP contribution in [0, 0.1) is 0 Å². The zero-order valence-corrected chi connectivity index (χ0v) is 11.7. The average Bonchev–Trinajstić information content (AvgIpc) is 2.77. The van der Waals surface area contributed by atoms with Crippen LogP contribution in [-0.4, -0.2) is 24.7 Å². The van der Waals surface area contributed by atoms with Crippen molar-refractivity contribution in [3.05, 3.63) is 35.5 Å². The highest BCUT2D eigenvalue weighted by atomic mass is 32.1. The van der Waals surface area contributed by atoms with Crippen LogP contribution >= 0.6 is 12.2 Å². The number of anilines is 1. The predicted octanol–water partition coefficient (Wildman–Crippen LogP) is 1.02. The van der Waals surface area contributed by atoms with Gasteiger partial charge in [0.2, 0.25) is 0 Å². The van der Waals surface area contributed by atoms with E-state index in [0.717, 1.165) is 17.7 Å². The van der Waals surface area contributed by atoms with E-state index < -0.39 is 0 Å². The first kappa shape index (κ1) is 13.4. The fraction of sp³-hybridized carbons (Fsp3) is 0.333. The van der Waals surface area contributed by atoms with Crippen LogP contribution in [0.2, 0.25) is 0 Å². The first-order chi connectivity index (χ1) is 9.11. The van der Waals surface area contributed by atoms with E-state index in [-0.39, 0.29) is 4.99 Å². The van der Waals surface area contributed by atoms with Crippen molar-refractivity contribution >= 4 is 23.0 Å². The monoisotopic (exact) mass is 276 g/mol. The van der Waals surface area contributed by atoms with Gasteiger partial charge in [-0.3, -0.25) is 4.68 Å². The van der Waals surface area contributed by atoms with Crippen LogP contribution in [0.5, 0.6) is 0 Å². The first-order valence-electron chi connectivity index (χ1n) is 5.98. The van der Waals surface area contributed by atoms with Gasteiger partial charge in [0.25, 0.3) is 0 Å². The van der Waals surface area contributed by atoms with E-state index in [1.807, 2.05) is 13.2 Å². The van der Waals surface area contributed by atoms with E-state index in [1.165, 1.54) is 0 Å². The number of aryl methyl sites for hydroxylation is 2. The molecule has 0 spiro atoms. The van der Waals surface area contributed by atoms with Gasteiger partial charge in [-0.1, -0.05) is 19.1 Å². The van der Waals surface area contributed by atoms with Gasteiger partial charge in [-0.15, -0.1) is 0 Å². The minimum Gasteiger partial charge on any atom is -0.388 e. The maximum absolute atomic E-state index is 5.62. The molecule has 6 nitrogen and oxygen atoms in total. The molecule has 3 N–H and O–H groups in total. The summed E-state index contributed by atoms with van der Waals surface area (Å²) in [5.74, 6) is 0.598. The second-order valence-electron chi connectivity index (χ2n) is 4.10. The molecular weight excluding hydrogens is 260 g/mol. The molecule has 2 rings (SSSR count). The molecular formula is C12H16N6S. The van der Waals surface area contributed by atoms with Gasteiger partial charge < -0.3 is 11.1 Å². The number of aromatic nitrogens is 4. The molecule has 19 heavy (non-hydrogen) atoms. The maximum Gasteiger partial charge on any atom is 0.155 e. The van der Waals surface area contributed by atoms with Crippen LogP contribution in [0.1, 0.15) is 23.9 Å². The van der Waals surface area contributed by atoms with Gasteiger partial charge in [-0.2, -0.15) is 5.10 Å². The lowest BCUT2D eigenvalue weighted by molar-refractivity contribution is 0.746. The van der Waals surface area contributed by atoms with E-state index >= 15 is 0 Å². The molecule has 0 saturated carbocycles. The fourth-order valence-electron chi connectivity index (χ4n) is 1.86. The highest BCUT2D eigenvalue weighted by molar-refractivity contribution is 7.80. The molecule has 0 unspecified atom stereocenters. The Morgan fingerprint density at radius 3 is 2.84 bits per heavy atom. The van der Waals surface area contributed by atoms with E-state index in [4.69, 9.17) is 18.0 Å². The quantitative estimate of drug-likeness (QED) is 0.794. The number of nitrogens with zero attached hydrogens (tertiary/aromatic N) is 4. The summed E-state index contributed by atoms with van der Waals surface area (Å²) in [6, 6.07) is 0. The first-order valence-corrected chi connectivity index (χ1v) is 6.38. The minimum atomic E-state index is 0.234. The van der Waals surface area contributed by atoms with E-state index in [2.05, 4.69) is 27.3 Å². The van der Waals surface area contributed by atoms with Gasteiger partial charge in [0.15, 0.2) is 5.82 Å². The van der Waals surface area contributed by atoms with Crippen molar-refractivity contribution in [3.63, 3.8) is 0 Å². The van der Waals surface area contributed by atoms with Crippen molar-refractivity contribution in [3.8, 4) is 0 Å². The van der Waals surface area contributed by atoms with Crippen molar-refractivity contribution < 1.29 is 0 Å². The van der Waals surface area contributed by atoms with Crippen molar-refractivity contribution in [2.24, 2.45) is 12.8 Å². The van der Waals surface area contributed by atoms with Gasteiger partial charge in [0, 0.05) is 37.7 Å². The molecule has 2 heterocycles. The zero-order valence-electron chi connectivity index (χ0n) is 10.9. The summed E-state index contributed by atoms with van der Waals surface area (Å²) < 4.78 is 1.81. The van der Waals surface area contributed by atoms with Gasteiger partial charge >= 0.3 is 0 Å². The molecule has 7 heteroatoms. The third-order valence-corrected chi connectivity index (χ3v) is 2.90. The van der Waals surface area contributed by atoms with E-state index in [0.29, 0.717) is 18.1 Å². The highest BCUT2D eigenvalue weighted by Crippen LogP contribution is 2.12. The topological polar surface area (TPSA) is 81.7 Å². The third kappa shape index (κ3) is 3.05. The van der Waals surface area contributed by atoms with Crippen molar-refractivity contribution in [2.45, 2.75) is 19.9 Å². The Kier molecular flexibility index (Phi) is 4.06. The molecule has 2 aromatic rings. The van der Waals surface area contributed by atoms with Gasteiger partial charge in [0.05, 0.1) is 5.69 Å². The lowest BCUT2D eigenvalue weighted by atomic mass is 10.2. The smallest absolute Gasteiger partial charge is 0.155 e. The summed E-state index contributed by atoms with van der Waals surface area (Å²) >= 11 is 4.95. The summed E-state index contributed by atoms with van der Waals surface area (Å²) in [7, 11) is 1.91. The van der Waals surface area contributed by atoms with E-state index in [1.54, 1.807) is 17.1 Å². The molecule has 0 aliphatic carbocycles. The summed E-state index contributed by atoms with van der Waals surface area (Å²) in [6.07, 6.45) is 6.05. The van der Waals surface area contributed by atoms with Crippen LogP contribution in [-0.2, 0) is 20.0 Å². The van der Waals surface area contributed by atoms with Crippen LogP contribution in [0.3, 0.4) is 0 Å². The van der Waals surface area contributed by atoms with Crippen LogP contribution in [0.4, 0.5) is 5.82 Å². The predicted molar refractivity (Wildman–Crippen MR) is 77.8 cm³/mol. The molecule has 0 saturated heterocycles. The third-order valence-electron chi connectivity index (χ3n) is 2.70. The Labute approximate surface area is 117 Å². The molecule has 0 bridgehead atoms. The summed E-state index contributed by atoms with van der Waals surface area (Å²) in [5.41, 5.74) is 8.32. The number of hydrogen-bond donors (Lipinski definition) is 2. The van der Waals surface area contributed by atoms with Crippen molar-refractivity contribution in [1.82, 2.24) is 19.7 Å². The molecule has 0 amide bonds. The largest absolute Gasteiger partial charge is 0.388 e. The molecule has 2 aromatic heterocycles. The van der Waals surface area contributed by atoms with Gasteiger partial charge in [0.1, 0.15) is 10.7 Å². The summed E-state index contributed by atoms with van der Waals surface area (Å²) in [6.45, 7) is 2.69. The Hall–Kier alpha value is -2.02. The Balaban J connectivity index is 2.16. The number of rotatable bonds is 5.